The first-order chi connectivity index (χ1) is 8.41. The van der Waals surface area contributed by atoms with Gasteiger partial charge in [0, 0.05) is 6.42 Å². The molecule has 1 aliphatic carbocycles. The Morgan fingerprint density at radius 1 is 1.22 bits per heavy atom. The summed E-state index contributed by atoms with van der Waals surface area (Å²) in [5, 5.41) is 11.2. The van der Waals surface area contributed by atoms with Crippen LogP contribution in [0.3, 0.4) is 0 Å². The molecule has 1 unspecified atom stereocenters. The molecule has 1 saturated carbocycles. The van der Waals surface area contributed by atoms with Crippen molar-refractivity contribution in [2.24, 2.45) is 5.92 Å². The van der Waals surface area contributed by atoms with Crippen LogP contribution in [0.15, 0.2) is 12.2 Å². The third-order valence-electron chi connectivity index (χ3n) is 4.60. The van der Waals surface area contributed by atoms with Gasteiger partial charge in [0.2, 0.25) is 0 Å². The van der Waals surface area contributed by atoms with E-state index in [9.17, 15) is 5.11 Å². The van der Waals surface area contributed by atoms with Crippen LogP contribution in [-0.2, 0) is 4.74 Å². The Kier molecular flexibility index (Phi) is 4.18. The maximum atomic E-state index is 11.2. The van der Waals surface area contributed by atoms with Gasteiger partial charge in [-0.05, 0) is 45.4 Å². The first kappa shape index (κ1) is 14.1. The van der Waals surface area contributed by atoms with Crippen molar-refractivity contribution >= 4 is 0 Å². The second-order valence-electron chi connectivity index (χ2n) is 6.90. The van der Waals surface area contributed by atoms with Crippen molar-refractivity contribution in [3.05, 3.63) is 12.2 Å². The van der Waals surface area contributed by atoms with E-state index in [1.54, 1.807) is 0 Å². The zero-order chi connectivity index (χ0) is 13.2. The Balaban J connectivity index is 2.15. The fraction of sp³-hybridized carbons (Fsp3) is 0.875. The van der Waals surface area contributed by atoms with Gasteiger partial charge >= 0.3 is 0 Å². The molecule has 0 aromatic carbocycles. The Morgan fingerprint density at radius 3 is 2.56 bits per heavy atom. The van der Waals surface area contributed by atoms with Crippen molar-refractivity contribution < 1.29 is 9.84 Å². The average Bonchev–Trinajstić information content (AvgIpc) is 2.27. The smallest absolute Gasteiger partial charge is 0.0739 e. The SMILES string of the molecule is C=C1CCOC(C)(C)CC(O)(C2CCCCC2)C1. The van der Waals surface area contributed by atoms with Crippen molar-refractivity contribution in [2.45, 2.75) is 76.4 Å². The second kappa shape index (κ2) is 5.34. The lowest BCUT2D eigenvalue weighted by Crippen LogP contribution is -2.47. The van der Waals surface area contributed by atoms with Crippen LogP contribution >= 0.6 is 0 Å². The molecule has 1 aliphatic heterocycles. The third kappa shape index (κ3) is 3.36. The summed E-state index contributed by atoms with van der Waals surface area (Å²) in [6.45, 7) is 9.07. The van der Waals surface area contributed by atoms with Crippen molar-refractivity contribution in [2.75, 3.05) is 6.61 Å². The van der Waals surface area contributed by atoms with Crippen molar-refractivity contribution in [3.63, 3.8) is 0 Å². The van der Waals surface area contributed by atoms with Crippen LogP contribution in [0.25, 0.3) is 0 Å². The molecule has 0 radical (unpaired) electrons. The Hall–Kier alpha value is -0.340. The lowest BCUT2D eigenvalue weighted by molar-refractivity contribution is -0.122. The van der Waals surface area contributed by atoms with Crippen LogP contribution in [0.1, 0.15) is 65.2 Å². The monoisotopic (exact) mass is 252 g/mol. The Morgan fingerprint density at radius 2 is 1.89 bits per heavy atom. The van der Waals surface area contributed by atoms with Gasteiger partial charge in [-0.2, -0.15) is 0 Å². The molecule has 1 atom stereocenters. The molecule has 2 heteroatoms. The maximum Gasteiger partial charge on any atom is 0.0739 e. The number of aliphatic hydroxyl groups is 1. The molecule has 18 heavy (non-hydrogen) atoms. The second-order valence-corrected chi connectivity index (χ2v) is 6.90. The molecule has 1 N–H and O–H groups in total. The van der Waals surface area contributed by atoms with Crippen LogP contribution in [0.4, 0.5) is 0 Å². The van der Waals surface area contributed by atoms with Gasteiger partial charge in [-0.15, -0.1) is 0 Å². The fourth-order valence-electron chi connectivity index (χ4n) is 3.77. The van der Waals surface area contributed by atoms with Gasteiger partial charge in [0.15, 0.2) is 0 Å². The summed E-state index contributed by atoms with van der Waals surface area (Å²) in [6.07, 6.45) is 8.58. The first-order valence-corrected chi connectivity index (χ1v) is 7.44. The standard InChI is InChI=1S/C16H28O2/c1-13-9-10-18-15(2,3)12-16(17,11-13)14-7-5-4-6-8-14/h14,17H,1,4-12H2,2-3H3. The number of hydrogen-bond acceptors (Lipinski definition) is 2. The molecule has 0 amide bonds. The Bertz CT molecular complexity index is 302. The van der Waals surface area contributed by atoms with E-state index >= 15 is 0 Å². The first-order valence-electron chi connectivity index (χ1n) is 7.44. The number of ether oxygens (including phenoxy) is 1. The number of rotatable bonds is 1. The van der Waals surface area contributed by atoms with Gasteiger partial charge in [0.25, 0.3) is 0 Å². The molecule has 2 fully saturated rings. The minimum Gasteiger partial charge on any atom is -0.389 e. The van der Waals surface area contributed by atoms with E-state index in [0.717, 1.165) is 31.4 Å². The van der Waals surface area contributed by atoms with Crippen LogP contribution in [0, 0.1) is 5.92 Å². The maximum absolute atomic E-state index is 11.2. The molecular formula is C16H28O2. The topological polar surface area (TPSA) is 29.5 Å². The van der Waals surface area contributed by atoms with E-state index in [0.29, 0.717) is 5.92 Å². The van der Waals surface area contributed by atoms with E-state index in [1.165, 1.54) is 32.1 Å². The highest BCUT2D eigenvalue weighted by Gasteiger charge is 2.43. The molecule has 0 aromatic heterocycles. The highest BCUT2D eigenvalue weighted by atomic mass is 16.5. The van der Waals surface area contributed by atoms with Crippen molar-refractivity contribution in [1.82, 2.24) is 0 Å². The number of hydrogen-bond donors (Lipinski definition) is 1. The van der Waals surface area contributed by atoms with E-state index in [1.807, 2.05) is 0 Å². The van der Waals surface area contributed by atoms with E-state index < -0.39 is 5.60 Å². The predicted octanol–water partition coefficient (Wildman–Crippen LogP) is 3.83. The highest BCUT2D eigenvalue weighted by molar-refractivity contribution is 5.07. The summed E-state index contributed by atoms with van der Waals surface area (Å²) in [7, 11) is 0. The van der Waals surface area contributed by atoms with Crippen molar-refractivity contribution in [1.29, 1.82) is 0 Å². The van der Waals surface area contributed by atoms with Crippen LogP contribution in [-0.4, -0.2) is 22.9 Å². The molecule has 2 rings (SSSR count). The summed E-state index contributed by atoms with van der Waals surface area (Å²) < 4.78 is 5.91. The van der Waals surface area contributed by atoms with Gasteiger partial charge in [0.1, 0.15) is 0 Å². The molecule has 2 aliphatic rings. The molecule has 104 valence electrons. The zero-order valence-electron chi connectivity index (χ0n) is 12.0. The Labute approximate surface area is 111 Å². The summed E-state index contributed by atoms with van der Waals surface area (Å²) >= 11 is 0. The quantitative estimate of drug-likeness (QED) is 0.719. The van der Waals surface area contributed by atoms with Gasteiger partial charge in [-0.3, -0.25) is 0 Å². The summed E-state index contributed by atoms with van der Waals surface area (Å²) in [6, 6.07) is 0. The molecule has 0 aromatic rings. The van der Waals surface area contributed by atoms with E-state index in [-0.39, 0.29) is 5.60 Å². The van der Waals surface area contributed by atoms with Gasteiger partial charge in [-0.25, -0.2) is 0 Å². The predicted molar refractivity (Wildman–Crippen MR) is 74.5 cm³/mol. The zero-order valence-corrected chi connectivity index (χ0v) is 12.0. The fourth-order valence-corrected chi connectivity index (χ4v) is 3.77. The van der Waals surface area contributed by atoms with Gasteiger partial charge < -0.3 is 9.84 Å². The molecular weight excluding hydrogens is 224 g/mol. The van der Waals surface area contributed by atoms with Crippen LogP contribution in [0.5, 0.6) is 0 Å². The largest absolute Gasteiger partial charge is 0.389 e. The van der Waals surface area contributed by atoms with E-state index in [2.05, 4.69) is 20.4 Å². The third-order valence-corrected chi connectivity index (χ3v) is 4.60. The molecule has 0 bridgehead atoms. The highest BCUT2D eigenvalue weighted by Crippen LogP contribution is 2.43. The van der Waals surface area contributed by atoms with E-state index in [4.69, 9.17) is 4.74 Å². The van der Waals surface area contributed by atoms with Crippen LogP contribution < -0.4 is 0 Å². The molecule has 0 spiro atoms. The average molecular weight is 252 g/mol. The molecule has 1 saturated heterocycles. The normalized spacial score (nSPS) is 34.9. The molecule has 2 nitrogen and oxygen atoms in total. The lowest BCUT2D eigenvalue weighted by Gasteiger charge is -2.45. The lowest BCUT2D eigenvalue weighted by atomic mass is 9.69. The van der Waals surface area contributed by atoms with Gasteiger partial charge in [-0.1, -0.05) is 31.4 Å². The van der Waals surface area contributed by atoms with Crippen LogP contribution in [0.2, 0.25) is 0 Å². The molecule has 1 heterocycles. The summed E-state index contributed by atoms with van der Waals surface area (Å²) in [5.41, 5.74) is 0.340. The summed E-state index contributed by atoms with van der Waals surface area (Å²) in [4.78, 5) is 0. The minimum absolute atomic E-state index is 0.215. The summed E-state index contributed by atoms with van der Waals surface area (Å²) in [5.74, 6) is 0.434. The minimum atomic E-state index is -0.596. The van der Waals surface area contributed by atoms with Crippen molar-refractivity contribution in [3.8, 4) is 0 Å². The van der Waals surface area contributed by atoms with Gasteiger partial charge in [0.05, 0.1) is 17.8 Å².